The molecule has 1 atom stereocenters. The third-order valence-electron chi connectivity index (χ3n) is 4.21. The van der Waals surface area contributed by atoms with Gasteiger partial charge in [0.15, 0.2) is 6.61 Å². The van der Waals surface area contributed by atoms with Gasteiger partial charge in [0.25, 0.3) is 5.92 Å². The molecule has 0 aliphatic heterocycles. The normalized spacial score (nSPS) is 12.9. The number of Topliss-reactive ketones (excluding diaryl/α,β-unsaturated/α-hetero) is 1. The number of aromatic nitrogens is 2. The first kappa shape index (κ1) is 20.9. The molecule has 0 spiro atoms. The standard InChI is InChI=1S/C21H26F2N2O2/c1-14(2)17-7-5-16(6-8-17)10-18(26)9-15(3)19-11-25-20(12-24-19)27-13-21(4,22)23/h5-8,11-12,14-15H,9-10,13H2,1-4H3/t15-/m0/s1. The zero-order chi connectivity index (χ0) is 20.0. The molecule has 0 fully saturated rings. The molecule has 0 N–H and O–H groups in total. The Hall–Kier alpha value is -2.37. The number of nitrogens with zero attached hydrogens (tertiary/aromatic N) is 2. The van der Waals surface area contributed by atoms with Gasteiger partial charge in [-0.2, -0.15) is 0 Å². The lowest BCUT2D eigenvalue weighted by Gasteiger charge is -2.13. The second kappa shape index (κ2) is 9.02. The minimum Gasteiger partial charge on any atom is -0.470 e. The van der Waals surface area contributed by atoms with Crippen LogP contribution in [0.3, 0.4) is 0 Å². The molecule has 2 aromatic rings. The van der Waals surface area contributed by atoms with Crippen LogP contribution in [0.1, 0.15) is 62.8 Å². The molecule has 1 aromatic carbocycles. The van der Waals surface area contributed by atoms with Gasteiger partial charge in [-0.15, -0.1) is 0 Å². The molecule has 0 radical (unpaired) electrons. The zero-order valence-electron chi connectivity index (χ0n) is 16.2. The van der Waals surface area contributed by atoms with E-state index in [1.54, 1.807) is 0 Å². The summed E-state index contributed by atoms with van der Waals surface area (Å²) in [6.45, 7) is 6.19. The van der Waals surface area contributed by atoms with E-state index >= 15 is 0 Å². The smallest absolute Gasteiger partial charge is 0.278 e. The highest BCUT2D eigenvalue weighted by Gasteiger charge is 2.22. The number of benzene rings is 1. The molecule has 27 heavy (non-hydrogen) atoms. The summed E-state index contributed by atoms with van der Waals surface area (Å²) in [5.41, 5.74) is 2.87. The Morgan fingerprint density at radius 2 is 1.78 bits per heavy atom. The van der Waals surface area contributed by atoms with Crippen LogP contribution in [0.15, 0.2) is 36.7 Å². The highest BCUT2D eigenvalue weighted by atomic mass is 19.3. The lowest BCUT2D eigenvalue weighted by molar-refractivity contribution is -0.118. The molecule has 0 saturated carbocycles. The van der Waals surface area contributed by atoms with E-state index in [4.69, 9.17) is 4.74 Å². The topological polar surface area (TPSA) is 52.1 Å². The van der Waals surface area contributed by atoms with Crippen LogP contribution in [0, 0.1) is 0 Å². The molecule has 1 aromatic heterocycles. The number of hydrogen-bond donors (Lipinski definition) is 0. The first-order valence-electron chi connectivity index (χ1n) is 9.07. The molecule has 0 bridgehead atoms. The summed E-state index contributed by atoms with van der Waals surface area (Å²) in [5.74, 6) is -2.41. The van der Waals surface area contributed by atoms with Crippen LogP contribution in [-0.4, -0.2) is 28.3 Å². The molecule has 1 heterocycles. The molecule has 4 nitrogen and oxygen atoms in total. The summed E-state index contributed by atoms with van der Waals surface area (Å²) in [7, 11) is 0. The van der Waals surface area contributed by atoms with Crippen molar-refractivity contribution in [3.63, 3.8) is 0 Å². The van der Waals surface area contributed by atoms with Crippen molar-refractivity contribution in [2.45, 2.75) is 58.3 Å². The molecule has 0 saturated heterocycles. The van der Waals surface area contributed by atoms with Gasteiger partial charge < -0.3 is 4.74 Å². The lowest BCUT2D eigenvalue weighted by atomic mass is 9.96. The fourth-order valence-electron chi connectivity index (χ4n) is 2.62. The van der Waals surface area contributed by atoms with Gasteiger partial charge in [-0.3, -0.25) is 9.78 Å². The number of hydrogen-bond acceptors (Lipinski definition) is 4. The van der Waals surface area contributed by atoms with Crippen LogP contribution in [0.25, 0.3) is 0 Å². The van der Waals surface area contributed by atoms with Crippen molar-refractivity contribution in [1.82, 2.24) is 9.97 Å². The Balaban J connectivity index is 1.88. The first-order valence-corrected chi connectivity index (χ1v) is 9.07. The van der Waals surface area contributed by atoms with Gasteiger partial charge in [0.2, 0.25) is 5.88 Å². The van der Waals surface area contributed by atoms with E-state index in [0.29, 0.717) is 24.5 Å². The Kier molecular flexibility index (Phi) is 6.99. The molecule has 0 aliphatic carbocycles. The predicted octanol–water partition coefficient (Wildman–Crippen LogP) is 4.94. The fraction of sp³-hybridized carbons (Fsp3) is 0.476. The molecule has 0 unspecified atom stereocenters. The van der Waals surface area contributed by atoms with E-state index in [-0.39, 0.29) is 17.6 Å². The average molecular weight is 376 g/mol. The summed E-state index contributed by atoms with van der Waals surface area (Å²) in [6.07, 6.45) is 3.50. The minimum absolute atomic E-state index is 0.0454. The number of halogens is 2. The summed E-state index contributed by atoms with van der Waals surface area (Å²) in [5, 5.41) is 0. The summed E-state index contributed by atoms with van der Waals surface area (Å²) < 4.78 is 30.5. The Bertz CT molecular complexity index is 738. The van der Waals surface area contributed by atoms with E-state index in [2.05, 4.69) is 35.9 Å². The summed E-state index contributed by atoms with van der Waals surface area (Å²) >= 11 is 0. The maximum Gasteiger partial charge on any atom is 0.278 e. The van der Waals surface area contributed by atoms with Crippen LogP contribution in [-0.2, 0) is 11.2 Å². The average Bonchev–Trinajstić information content (AvgIpc) is 2.60. The van der Waals surface area contributed by atoms with Crippen molar-refractivity contribution in [3.05, 3.63) is 53.5 Å². The van der Waals surface area contributed by atoms with Gasteiger partial charge in [0.05, 0.1) is 18.1 Å². The number of alkyl halides is 2. The highest BCUT2D eigenvalue weighted by Crippen LogP contribution is 2.21. The van der Waals surface area contributed by atoms with Crippen molar-refractivity contribution in [2.24, 2.45) is 0 Å². The Morgan fingerprint density at radius 3 is 2.30 bits per heavy atom. The fourth-order valence-corrected chi connectivity index (χ4v) is 2.62. The van der Waals surface area contributed by atoms with Gasteiger partial charge in [-0.05, 0) is 17.0 Å². The first-order chi connectivity index (χ1) is 12.6. The largest absolute Gasteiger partial charge is 0.470 e. The zero-order valence-corrected chi connectivity index (χ0v) is 16.2. The Morgan fingerprint density at radius 1 is 1.11 bits per heavy atom. The molecule has 0 amide bonds. The van der Waals surface area contributed by atoms with Crippen molar-refractivity contribution in [2.75, 3.05) is 6.61 Å². The van der Waals surface area contributed by atoms with Crippen molar-refractivity contribution in [1.29, 1.82) is 0 Å². The van der Waals surface area contributed by atoms with Gasteiger partial charge in [0, 0.05) is 25.7 Å². The molecular weight excluding hydrogens is 350 g/mol. The monoisotopic (exact) mass is 376 g/mol. The predicted molar refractivity (Wildman–Crippen MR) is 100 cm³/mol. The van der Waals surface area contributed by atoms with Crippen LogP contribution < -0.4 is 4.74 Å². The maximum absolute atomic E-state index is 12.8. The second-order valence-electron chi connectivity index (χ2n) is 7.36. The van der Waals surface area contributed by atoms with Crippen molar-refractivity contribution >= 4 is 5.78 Å². The maximum atomic E-state index is 12.8. The lowest BCUT2D eigenvalue weighted by Crippen LogP contribution is -2.21. The van der Waals surface area contributed by atoms with Gasteiger partial charge >= 0.3 is 0 Å². The third-order valence-corrected chi connectivity index (χ3v) is 4.21. The molecule has 0 aliphatic rings. The SMILES string of the molecule is CC(C)c1ccc(CC(=O)C[C@H](C)c2cnc(OCC(C)(F)F)cn2)cc1. The van der Waals surface area contributed by atoms with E-state index in [0.717, 1.165) is 12.5 Å². The minimum atomic E-state index is -2.92. The number of carbonyl (C=O) groups is 1. The van der Waals surface area contributed by atoms with Crippen molar-refractivity contribution in [3.8, 4) is 5.88 Å². The Labute approximate surface area is 159 Å². The van der Waals surface area contributed by atoms with Gasteiger partial charge in [-0.1, -0.05) is 45.0 Å². The molecule has 6 heteroatoms. The van der Waals surface area contributed by atoms with Crippen LogP contribution in [0.5, 0.6) is 5.88 Å². The number of ketones is 1. The van der Waals surface area contributed by atoms with Gasteiger partial charge in [-0.25, -0.2) is 13.8 Å². The van der Waals surface area contributed by atoms with Crippen LogP contribution in [0.2, 0.25) is 0 Å². The van der Waals surface area contributed by atoms with E-state index < -0.39 is 12.5 Å². The van der Waals surface area contributed by atoms with Gasteiger partial charge in [0.1, 0.15) is 5.78 Å². The molecular formula is C21H26F2N2O2. The number of ether oxygens (including phenoxy) is 1. The quantitative estimate of drug-likeness (QED) is 0.622. The van der Waals surface area contributed by atoms with E-state index in [9.17, 15) is 13.6 Å². The van der Waals surface area contributed by atoms with Crippen molar-refractivity contribution < 1.29 is 18.3 Å². The third kappa shape index (κ3) is 7.04. The molecule has 2 rings (SSSR count). The number of rotatable bonds is 9. The van der Waals surface area contributed by atoms with E-state index in [1.807, 2.05) is 19.1 Å². The summed E-state index contributed by atoms with van der Waals surface area (Å²) in [4.78, 5) is 20.5. The van der Waals surface area contributed by atoms with Crippen LogP contribution in [0.4, 0.5) is 8.78 Å². The molecule has 146 valence electrons. The second-order valence-corrected chi connectivity index (χ2v) is 7.36. The van der Waals surface area contributed by atoms with E-state index in [1.165, 1.54) is 18.0 Å². The van der Waals surface area contributed by atoms with Crippen LogP contribution >= 0.6 is 0 Å². The number of carbonyl (C=O) groups excluding carboxylic acids is 1. The summed E-state index contributed by atoms with van der Waals surface area (Å²) in [6, 6.07) is 8.10. The highest BCUT2D eigenvalue weighted by molar-refractivity contribution is 5.81.